The number of piperidine rings is 1. The summed E-state index contributed by atoms with van der Waals surface area (Å²) in [4.78, 5) is 21.3. The molecule has 0 unspecified atom stereocenters. The molecular weight excluding hydrogens is 316 g/mol. The molecule has 7 nitrogen and oxygen atoms in total. The summed E-state index contributed by atoms with van der Waals surface area (Å²) >= 11 is 0. The molecule has 7 heteroatoms. The zero-order valence-corrected chi connectivity index (χ0v) is 14.5. The van der Waals surface area contributed by atoms with E-state index in [-0.39, 0.29) is 6.03 Å². The highest BCUT2D eigenvalue weighted by Crippen LogP contribution is 2.31. The number of carbonyl (C=O) groups is 1. The highest BCUT2D eigenvalue weighted by Gasteiger charge is 2.39. The van der Waals surface area contributed by atoms with Gasteiger partial charge in [-0.15, -0.1) is 0 Å². The molecule has 3 heterocycles. The standard InChI is InChI=1S/C18H24N6O/c1-22-9-7-14-8-10-23(16(14)12-22)18(25)19-11-17-20-13-21-24(17)15-5-3-2-4-6-15/h2-6,13-14,16H,7-12H2,1H3,(H,19,25)/t14-,16+/m0/s1. The van der Waals surface area contributed by atoms with E-state index in [1.54, 1.807) is 4.68 Å². The van der Waals surface area contributed by atoms with Crippen molar-refractivity contribution in [3.05, 3.63) is 42.5 Å². The van der Waals surface area contributed by atoms with Crippen molar-refractivity contribution in [3.63, 3.8) is 0 Å². The number of hydrogen-bond acceptors (Lipinski definition) is 4. The largest absolute Gasteiger partial charge is 0.331 e. The summed E-state index contributed by atoms with van der Waals surface area (Å²) in [6, 6.07) is 10.2. The highest BCUT2D eigenvalue weighted by atomic mass is 16.2. The lowest BCUT2D eigenvalue weighted by atomic mass is 9.92. The van der Waals surface area contributed by atoms with E-state index in [1.165, 1.54) is 12.7 Å². The van der Waals surface area contributed by atoms with Gasteiger partial charge in [0.05, 0.1) is 12.2 Å². The van der Waals surface area contributed by atoms with E-state index >= 15 is 0 Å². The maximum Gasteiger partial charge on any atom is 0.318 e. The first-order valence-electron chi connectivity index (χ1n) is 8.89. The number of fused-ring (bicyclic) bond motifs is 1. The molecular formula is C18H24N6O. The second kappa shape index (κ2) is 6.84. The third-order valence-electron chi connectivity index (χ3n) is 5.34. The van der Waals surface area contributed by atoms with Crippen LogP contribution < -0.4 is 5.32 Å². The number of aromatic nitrogens is 3. The van der Waals surface area contributed by atoms with E-state index in [0.29, 0.717) is 18.5 Å². The van der Waals surface area contributed by atoms with Crippen LogP contribution in [-0.2, 0) is 6.54 Å². The molecule has 0 bridgehead atoms. The van der Waals surface area contributed by atoms with Crippen molar-refractivity contribution in [1.29, 1.82) is 0 Å². The first kappa shape index (κ1) is 16.1. The lowest BCUT2D eigenvalue weighted by Gasteiger charge is -2.36. The number of urea groups is 1. The molecule has 2 aliphatic rings. The van der Waals surface area contributed by atoms with Crippen LogP contribution in [0.1, 0.15) is 18.7 Å². The monoisotopic (exact) mass is 340 g/mol. The van der Waals surface area contributed by atoms with Gasteiger partial charge in [-0.25, -0.2) is 14.5 Å². The summed E-state index contributed by atoms with van der Waals surface area (Å²) < 4.78 is 1.77. The molecule has 0 radical (unpaired) electrons. The van der Waals surface area contributed by atoms with Gasteiger partial charge < -0.3 is 15.1 Å². The molecule has 1 aromatic carbocycles. The molecule has 0 spiro atoms. The third kappa shape index (κ3) is 3.24. The molecule has 2 fully saturated rings. The lowest BCUT2D eigenvalue weighted by molar-refractivity contribution is 0.130. The molecule has 2 aliphatic heterocycles. The fourth-order valence-corrected chi connectivity index (χ4v) is 3.98. The molecule has 132 valence electrons. The molecule has 2 saturated heterocycles. The van der Waals surface area contributed by atoms with Crippen LogP contribution in [-0.4, -0.2) is 63.3 Å². The molecule has 1 N–H and O–H groups in total. The number of para-hydroxylation sites is 1. The number of carbonyl (C=O) groups excluding carboxylic acids is 1. The summed E-state index contributed by atoms with van der Waals surface area (Å²) in [5, 5.41) is 7.30. The molecule has 2 amide bonds. The maximum absolute atomic E-state index is 12.7. The van der Waals surface area contributed by atoms with Crippen LogP contribution in [0.25, 0.3) is 5.69 Å². The normalized spacial score (nSPS) is 23.5. The van der Waals surface area contributed by atoms with Crippen molar-refractivity contribution in [3.8, 4) is 5.69 Å². The number of hydrogen-bond donors (Lipinski definition) is 1. The quantitative estimate of drug-likeness (QED) is 0.920. The maximum atomic E-state index is 12.7. The summed E-state index contributed by atoms with van der Waals surface area (Å²) in [7, 11) is 2.13. The molecule has 2 aromatic rings. The van der Waals surface area contributed by atoms with Crippen LogP contribution in [0.15, 0.2) is 36.7 Å². The van der Waals surface area contributed by atoms with Crippen LogP contribution >= 0.6 is 0 Å². The summed E-state index contributed by atoms with van der Waals surface area (Å²) in [5.74, 6) is 1.38. The Morgan fingerprint density at radius 1 is 1.24 bits per heavy atom. The third-order valence-corrected chi connectivity index (χ3v) is 5.34. The van der Waals surface area contributed by atoms with Crippen molar-refractivity contribution in [2.75, 3.05) is 26.7 Å². The minimum absolute atomic E-state index is 0.00501. The second-order valence-corrected chi connectivity index (χ2v) is 6.94. The van der Waals surface area contributed by atoms with Gasteiger partial charge in [-0.05, 0) is 44.5 Å². The van der Waals surface area contributed by atoms with E-state index in [9.17, 15) is 4.79 Å². The number of rotatable bonds is 3. The van der Waals surface area contributed by atoms with Gasteiger partial charge in [0.1, 0.15) is 6.33 Å². The first-order valence-corrected chi connectivity index (χ1v) is 8.89. The number of likely N-dealkylation sites (N-methyl/N-ethyl adjacent to an activating group) is 1. The molecule has 4 rings (SSSR count). The van der Waals surface area contributed by atoms with Crippen LogP contribution in [0, 0.1) is 5.92 Å². The number of amides is 2. The Morgan fingerprint density at radius 3 is 2.88 bits per heavy atom. The molecule has 1 aromatic heterocycles. The summed E-state index contributed by atoms with van der Waals surface area (Å²) in [6.07, 6.45) is 3.83. The predicted molar refractivity (Wildman–Crippen MR) is 94.3 cm³/mol. The Labute approximate surface area is 147 Å². The minimum atomic E-state index is 0.00501. The van der Waals surface area contributed by atoms with E-state index in [1.807, 2.05) is 35.2 Å². The average molecular weight is 340 g/mol. The minimum Gasteiger partial charge on any atom is -0.331 e. The van der Waals surface area contributed by atoms with Crippen LogP contribution in [0.4, 0.5) is 4.79 Å². The number of nitrogens with one attached hydrogen (secondary N) is 1. The summed E-state index contributed by atoms with van der Waals surface area (Å²) in [5.41, 5.74) is 0.944. The average Bonchev–Trinajstić information content (AvgIpc) is 3.27. The van der Waals surface area contributed by atoms with Crippen LogP contribution in [0.3, 0.4) is 0 Å². The van der Waals surface area contributed by atoms with Crippen molar-refractivity contribution in [2.24, 2.45) is 5.92 Å². The van der Waals surface area contributed by atoms with Gasteiger partial charge in [0.25, 0.3) is 0 Å². The number of benzene rings is 1. The molecule has 2 atom stereocenters. The van der Waals surface area contributed by atoms with Gasteiger partial charge in [-0.3, -0.25) is 0 Å². The van der Waals surface area contributed by atoms with E-state index < -0.39 is 0 Å². The van der Waals surface area contributed by atoms with Gasteiger partial charge >= 0.3 is 6.03 Å². The highest BCUT2D eigenvalue weighted by molar-refractivity contribution is 5.75. The fourth-order valence-electron chi connectivity index (χ4n) is 3.98. The molecule has 0 aliphatic carbocycles. The van der Waals surface area contributed by atoms with Crippen LogP contribution in [0.2, 0.25) is 0 Å². The SMILES string of the molecule is CN1CC[C@H]2CCN(C(=O)NCc3ncnn3-c3ccccc3)[C@@H]2C1. The molecule has 0 saturated carbocycles. The fraction of sp³-hybridized carbons (Fsp3) is 0.500. The molecule has 25 heavy (non-hydrogen) atoms. The van der Waals surface area contributed by atoms with Gasteiger partial charge in [0.15, 0.2) is 5.82 Å². The zero-order chi connectivity index (χ0) is 17.2. The van der Waals surface area contributed by atoms with Crippen LogP contribution in [0.5, 0.6) is 0 Å². The van der Waals surface area contributed by atoms with Crippen molar-refractivity contribution in [1.82, 2.24) is 29.9 Å². The van der Waals surface area contributed by atoms with Gasteiger partial charge in [0, 0.05) is 19.1 Å². The Hall–Kier alpha value is -2.41. The van der Waals surface area contributed by atoms with Crippen molar-refractivity contribution >= 4 is 6.03 Å². The van der Waals surface area contributed by atoms with Gasteiger partial charge in [-0.2, -0.15) is 5.10 Å². The Morgan fingerprint density at radius 2 is 2.04 bits per heavy atom. The zero-order valence-electron chi connectivity index (χ0n) is 14.5. The predicted octanol–water partition coefficient (Wildman–Crippen LogP) is 1.50. The van der Waals surface area contributed by atoms with E-state index in [4.69, 9.17) is 0 Å². The smallest absolute Gasteiger partial charge is 0.318 e. The van der Waals surface area contributed by atoms with Gasteiger partial charge in [0.2, 0.25) is 0 Å². The Balaban J connectivity index is 1.41. The second-order valence-electron chi connectivity index (χ2n) is 6.94. The Kier molecular flexibility index (Phi) is 4.40. The Bertz CT molecular complexity index is 730. The van der Waals surface area contributed by atoms with Crippen molar-refractivity contribution < 1.29 is 4.79 Å². The number of nitrogens with zero attached hydrogens (tertiary/aromatic N) is 5. The summed E-state index contributed by atoms with van der Waals surface area (Å²) in [6.45, 7) is 3.33. The number of likely N-dealkylation sites (tertiary alicyclic amines) is 2. The van der Waals surface area contributed by atoms with Gasteiger partial charge in [-0.1, -0.05) is 18.2 Å². The van der Waals surface area contributed by atoms with E-state index in [0.717, 1.165) is 37.6 Å². The first-order chi connectivity index (χ1) is 12.2. The topological polar surface area (TPSA) is 66.3 Å². The van der Waals surface area contributed by atoms with E-state index in [2.05, 4.69) is 27.3 Å². The van der Waals surface area contributed by atoms with Crippen molar-refractivity contribution in [2.45, 2.75) is 25.4 Å². The lowest BCUT2D eigenvalue weighted by Crippen LogP contribution is -2.51.